The van der Waals surface area contributed by atoms with Crippen LogP contribution < -0.4 is 0 Å². The Morgan fingerprint density at radius 1 is 1.29 bits per heavy atom. The molecule has 0 saturated carbocycles. The minimum Gasteiger partial charge on any atom is -0.468 e. The summed E-state index contributed by atoms with van der Waals surface area (Å²) in [7, 11) is 0. The van der Waals surface area contributed by atoms with Crippen molar-refractivity contribution in [3.8, 4) is 0 Å². The Morgan fingerprint density at radius 2 is 2.14 bits per heavy atom. The lowest BCUT2D eigenvalue weighted by Gasteiger charge is -2.34. The molecule has 7 nitrogen and oxygen atoms in total. The molecule has 0 atom stereocenters. The van der Waals surface area contributed by atoms with Crippen LogP contribution in [0.25, 0.3) is 0 Å². The van der Waals surface area contributed by atoms with E-state index in [2.05, 4.69) is 15.0 Å². The van der Waals surface area contributed by atoms with E-state index < -0.39 is 0 Å². The SMILES string of the molecule is O=C(CCn1cncn1)N1CCN(Cc2ccco2)CC1. The molecule has 0 unspecified atom stereocenters. The summed E-state index contributed by atoms with van der Waals surface area (Å²) in [5.41, 5.74) is 0. The van der Waals surface area contributed by atoms with Gasteiger partial charge in [-0.2, -0.15) is 5.10 Å². The van der Waals surface area contributed by atoms with Crippen LogP contribution in [0.15, 0.2) is 35.5 Å². The van der Waals surface area contributed by atoms with Crippen molar-refractivity contribution in [1.29, 1.82) is 0 Å². The zero-order valence-corrected chi connectivity index (χ0v) is 11.9. The Hall–Kier alpha value is -2.15. The summed E-state index contributed by atoms with van der Waals surface area (Å²) in [5, 5.41) is 4.00. The van der Waals surface area contributed by atoms with Crippen LogP contribution in [0.4, 0.5) is 0 Å². The third kappa shape index (κ3) is 3.69. The second-order valence-corrected chi connectivity index (χ2v) is 5.14. The van der Waals surface area contributed by atoms with E-state index in [9.17, 15) is 4.79 Å². The zero-order chi connectivity index (χ0) is 14.5. The number of hydrogen-bond acceptors (Lipinski definition) is 5. The number of nitrogens with zero attached hydrogens (tertiary/aromatic N) is 5. The van der Waals surface area contributed by atoms with Gasteiger partial charge in [0.05, 0.1) is 19.4 Å². The molecule has 0 aromatic carbocycles. The fourth-order valence-electron chi connectivity index (χ4n) is 2.49. The Kier molecular flexibility index (Phi) is 4.30. The van der Waals surface area contributed by atoms with E-state index in [1.807, 2.05) is 17.0 Å². The van der Waals surface area contributed by atoms with Crippen LogP contribution in [0, 0.1) is 0 Å². The molecule has 2 aromatic heterocycles. The molecule has 3 heterocycles. The molecule has 0 aliphatic carbocycles. The Balaban J connectivity index is 1.41. The van der Waals surface area contributed by atoms with E-state index in [1.165, 1.54) is 6.33 Å². The average Bonchev–Trinajstić information content (AvgIpc) is 3.19. The Morgan fingerprint density at radius 3 is 2.81 bits per heavy atom. The Bertz CT molecular complexity index is 544. The highest BCUT2D eigenvalue weighted by atomic mass is 16.3. The first-order chi connectivity index (χ1) is 10.3. The standard InChI is InChI=1S/C14H19N5O2/c20-14(3-4-19-12-15-11-16-19)18-7-5-17(6-8-18)10-13-2-1-9-21-13/h1-2,9,11-12H,3-8,10H2. The molecule has 0 bridgehead atoms. The highest BCUT2D eigenvalue weighted by Crippen LogP contribution is 2.10. The van der Waals surface area contributed by atoms with E-state index in [1.54, 1.807) is 17.3 Å². The largest absolute Gasteiger partial charge is 0.468 e. The summed E-state index contributed by atoms with van der Waals surface area (Å²) >= 11 is 0. The molecule has 0 spiro atoms. The van der Waals surface area contributed by atoms with Gasteiger partial charge < -0.3 is 9.32 Å². The maximum atomic E-state index is 12.1. The lowest BCUT2D eigenvalue weighted by Crippen LogP contribution is -2.48. The smallest absolute Gasteiger partial charge is 0.224 e. The molecule has 1 amide bonds. The quantitative estimate of drug-likeness (QED) is 0.806. The van der Waals surface area contributed by atoms with Crippen LogP contribution in [0.1, 0.15) is 12.2 Å². The van der Waals surface area contributed by atoms with E-state index in [0.29, 0.717) is 13.0 Å². The molecule has 21 heavy (non-hydrogen) atoms. The molecular weight excluding hydrogens is 270 g/mol. The van der Waals surface area contributed by atoms with Crippen LogP contribution >= 0.6 is 0 Å². The summed E-state index contributed by atoms with van der Waals surface area (Å²) in [6.07, 6.45) is 5.28. The highest BCUT2D eigenvalue weighted by molar-refractivity contribution is 5.76. The number of aromatic nitrogens is 3. The molecule has 2 aromatic rings. The zero-order valence-electron chi connectivity index (χ0n) is 11.9. The Labute approximate surface area is 123 Å². The molecule has 1 saturated heterocycles. The van der Waals surface area contributed by atoms with Crippen LogP contribution in [0.5, 0.6) is 0 Å². The third-order valence-electron chi connectivity index (χ3n) is 3.71. The van der Waals surface area contributed by atoms with E-state index >= 15 is 0 Å². The summed E-state index contributed by atoms with van der Waals surface area (Å²) in [6, 6.07) is 3.88. The van der Waals surface area contributed by atoms with Gasteiger partial charge in [0.25, 0.3) is 0 Å². The molecule has 7 heteroatoms. The van der Waals surface area contributed by atoms with Crippen molar-refractivity contribution in [2.24, 2.45) is 0 Å². The maximum Gasteiger partial charge on any atom is 0.224 e. The third-order valence-corrected chi connectivity index (χ3v) is 3.71. The number of piperazine rings is 1. The van der Waals surface area contributed by atoms with Crippen molar-refractivity contribution in [2.45, 2.75) is 19.5 Å². The van der Waals surface area contributed by atoms with Crippen molar-refractivity contribution in [3.05, 3.63) is 36.8 Å². The number of hydrogen-bond donors (Lipinski definition) is 0. The number of carbonyl (C=O) groups is 1. The first-order valence-corrected chi connectivity index (χ1v) is 7.16. The summed E-state index contributed by atoms with van der Waals surface area (Å²) in [4.78, 5) is 20.2. The van der Waals surface area contributed by atoms with Gasteiger partial charge in [-0.1, -0.05) is 0 Å². The molecular formula is C14H19N5O2. The fraction of sp³-hybridized carbons (Fsp3) is 0.500. The number of aryl methyl sites for hydroxylation is 1. The van der Waals surface area contributed by atoms with E-state index in [4.69, 9.17) is 4.42 Å². The van der Waals surface area contributed by atoms with Gasteiger partial charge in [0.15, 0.2) is 0 Å². The molecule has 1 aliphatic rings. The minimum absolute atomic E-state index is 0.183. The summed E-state index contributed by atoms with van der Waals surface area (Å²) < 4.78 is 7.04. The lowest BCUT2D eigenvalue weighted by atomic mass is 10.2. The fourth-order valence-corrected chi connectivity index (χ4v) is 2.49. The van der Waals surface area contributed by atoms with E-state index in [-0.39, 0.29) is 5.91 Å². The maximum absolute atomic E-state index is 12.1. The van der Waals surface area contributed by atoms with Crippen LogP contribution in [-0.2, 0) is 17.9 Å². The van der Waals surface area contributed by atoms with Gasteiger partial charge in [-0.25, -0.2) is 4.98 Å². The topological polar surface area (TPSA) is 67.4 Å². The van der Waals surface area contributed by atoms with Crippen molar-refractivity contribution in [2.75, 3.05) is 26.2 Å². The molecule has 112 valence electrons. The van der Waals surface area contributed by atoms with Crippen LogP contribution in [0.3, 0.4) is 0 Å². The van der Waals surface area contributed by atoms with Crippen LogP contribution in [-0.4, -0.2) is 56.7 Å². The van der Waals surface area contributed by atoms with Gasteiger partial charge in [0, 0.05) is 32.6 Å². The normalized spacial score (nSPS) is 16.3. The number of amides is 1. The predicted molar refractivity (Wildman–Crippen MR) is 75.2 cm³/mol. The number of carbonyl (C=O) groups excluding carboxylic acids is 1. The average molecular weight is 289 g/mol. The second kappa shape index (κ2) is 6.53. The summed E-state index contributed by atoms with van der Waals surface area (Å²) in [6.45, 7) is 4.72. The van der Waals surface area contributed by atoms with Crippen molar-refractivity contribution >= 4 is 5.91 Å². The summed E-state index contributed by atoms with van der Waals surface area (Å²) in [5.74, 6) is 1.16. The van der Waals surface area contributed by atoms with Gasteiger partial charge in [-0.3, -0.25) is 14.4 Å². The van der Waals surface area contributed by atoms with Crippen molar-refractivity contribution in [3.63, 3.8) is 0 Å². The van der Waals surface area contributed by atoms with Gasteiger partial charge in [-0.05, 0) is 12.1 Å². The van der Waals surface area contributed by atoms with Crippen LogP contribution in [0.2, 0.25) is 0 Å². The number of furan rings is 1. The second-order valence-electron chi connectivity index (χ2n) is 5.14. The monoisotopic (exact) mass is 289 g/mol. The van der Waals surface area contributed by atoms with Gasteiger partial charge in [0.2, 0.25) is 5.91 Å². The van der Waals surface area contributed by atoms with Gasteiger partial charge in [-0.15, -0.1) is 0 Å². The first kappa shape index (κ1) is 13.8. The molecule has 3 rings (SSSR count). The van der Waals surface area contributed by atoms with Crippen molar-refractivity contribution < 1.29 is 9.21 Å². The van der Waals surface area contributed by atoms with Gasteiger partial charge in [0.1, 0.15) is 18.4 Å². The number of rotatable bonds is 5. The predicted octanol–water partition coefficient (Wildman–Crippen LogP) is 0.606. The highest BCUT2D eigenvalue weighted by Gasteiger charge is 2.21. The minimum atomic E-state index is 0.183. The molecule has 0 radical (unpaired) electrons. The molecule has 1 aliphatic heterocycles. The molecule has 1 fully saturated rings. The lowest BCUT2D eigenvalue weighted by molar-refractivity contribution is -0.133. The van der Waals surface area contributed by atoms with Gasteiger partial charge >= 0.3 is 0 Å². The van der Waals surface area contributed by atoms with Crippen molar-refractivity contribution in [1.82, 2.24) is 24.6 Å². The first-order valence-electron chi connectivity index (χ1n) is 7.16. The van der Waals surface area contributed by atoms with E-state index in [0.717, 1.165) is 38.5 Å². The molecule has 0 N–H and O–H groups in total.